The van der Waals surface area contributed by atoms with Crippen molar-refractivity contribution in [3.63, 3.8) is 0 Å². The Hall–Kier alpha value is -2.68. The Balaban J connectivity index is 1.94. The highest BCUT2D eigenvalue weighted by Gasteiger charge is 2.20. The minimum atomic E-state index is 0.0798. The molecule has 0 amide bonds. The van der Waals surface area contributed by atoms with Crippen LogP contribution in [-0.4, -0.2) is 12.4 Å². The predicted molar refractivity (Wildman–Crippen MR) is 95.3 cm³/mol. The van der Waals surface area contributed by atoms with Crippen molar-refractivity contribution in [2.24, 2.45) is 0 Å². The number of nitrogens with zero attached hydrogens (tertiary/aromatic N) is 1. The van der Waals surface area contributed by atoms with Gasteiger partial charge in [0.1, 0.15) is 0 Å². The van der Waals surface area contributed by atoms with Crippen molar-refractivity contribution >= 4 is 16.6 Å². The smallest absolute Gasteiger partial charge is 0.376 e. The van der Waals surface area contributed by atoms with E-state index < -0.39 is 0 Å². The molecule has 3 rings (SSSR count). The van der Waals surface area contributed by atoms with E-state index >= 15 is 0 Å². The van der Waals surface area contributed by atoms with Crippen LogP contribution in [0.3, 0.4) is 0 Å². The van der Waals surface area contributed by atoms with Gasteiger partial charge < -0.3 is 4.74 Å². The standard InChI is InChI=1S/C21H22NO2/c1-2-3-15-24-21-19-12-8-7-9-17(19)13-14-22(21)16-20(23)18-10-5-4-6-11-18/h4-14H,2-3,15-16H2,1H3/q+1. The fourth-order valence-electron chi connectivity index (χ4n) is 2.70. The number of hydrogen-bond donors (Lipinski definition) is 0. The molecule has 0 bridgehead atoms. The fraction of sp³-hybridized carbons (Fsp3) is 0.238. The van der Waals surface area contributed by atoms with Crippen molar-refractivity contribution in [1.29, 1.82) is 0 Å². The summed E-state index contributed by atoms with van der Waals surface area (Å²) in [6.07, 6.45) is 4.01. The molecule has 1 aromatic heterocycles. The highest BCUT2D eigenvalue weighted by atomic mass is 16.5. The number of ether oxygens (including phenoxy) is 1. The van der Waals surface area contributed by atoms with Crippen molar-refractivity contribution in [3.8, 4) is 5.88 Å². The minimum Gasteiger partial charge on any atom is -0.444 e. The van der Waals surface area contributed by atoms with E-state index in [2.05, 4.69) is 13.0 Å². The van der Waals surface area contributed by atoms with Gasteiger partial charge in [-0.1, -0.05) is 61.9 Å². The van der Waals surface area contributed by atoms with E-state index in [1.54, 1.807) is 0 Å². The Morgan fingerprint density at radius 2 is 1.75 bits per heavy atom. The molecular weight excluding hydrogens is 298 g/mol. The molecule has 0 spiro atoms. The van der Waals surface area contributed by atoms with Crippen molar-refractivity contribution in [3.05, 3.63) is 72.4 Å². The van der Waals surface area contributed by atoms with Gasteiger partial charge in [-0.2, -0.15) is 4.57 Å². The molecule has 3 heteroatoms. The Labute approximate surface area is 142 Å². The Bertz CT molecular complexity index is 828. The maximum absolute atomic E-state index is 12.6. The lowest BCUT2D eigenvalue weighted by Crippen LogP contribution is -2.39. The van der Waals surface area contributed by atoms with Crippen molar-refractivity contribution in [1.82, 2.24) is 0 Å². The predicted octanol–water partition coefficient (Wildman–Crippen LogP) is 4.19. The number of Topliss-reactive ketones (excluding diaryl/α,β-unsaturated/α-hetero) is 1. The van der Waals surface area contributed by atoms with Crippen LogP contribution in [0.2, 0.25) is 0 Å². The fourth-order valence-corrected chi connectivity index (χ4v) is 2.70. The lowest BCUT2D eigenvalue weighted by atomic mass is 10.1. The summed E-state index contributed by atoms with van der Waals surface area (Å²) in [7, 11) is 0. The topological polar surface area (TPSA) is 30.2 Å². The number of ketones is 1. The zero-order chi connectivity index (χ0) is 16.8. The van der Waals surface area contributed by atoms with Gasteiger partial charge >= 0.3 is 5.88 Å². The number of fused-ring (bicyclic) bond motifs is 1. The van der Waals surface area contributed by atoms with Crippen LogP contribution >= 0.6 is 0 Å². The molecule has 3 nitrogen and oxygen atoms in total. The highest BCUT2D eigenvalue weighted by Crippen LogP contribution is 2.21. The van der Waals surface area contributed by atoms with Gasteiger partial charge in [-0.05, 0) is 17.9 Å². The summed E-state index contributed by atoms with van der Waals surface area (Å²) in [5.41, 5.74) is 0.720. The molecule has 3 aromatic rings. The van der Waals surface area contributed by atoms with E-state index in [0.29, 0.717) is 6.61 Å². The normalized spacial score (nSPS) is 10.7. The first-order chi connectivity index (χ1) is 11.8. The molecule has 122 valence electrons. The van der Waals surface area contributed by atoms with Gasteiger partial charge in [0.05, 0.1) is 12.0 Å². The Morgan fingerprint density at radius 1 is 1.00 bits per heavy atom. The molecule has 0 atom stereocenters. The number of rotatable bonds is 7. The molecule has 24 heavy (non-hydrogen) atoms. The summed E-state index contributed by atoms with van der Waals surface area (Å²) in [6, 6.07) is 19.5. The largest absolute Gasteiger partial charge is 0.444 e. The molecule has 0 unspecified atom stereocenters. The number of hydrogen-bond acceptors (Lipinski definition) is 2. The van der Waals surface area contributed by atoms with Crippen LogP contribution in [0.1, 0.15) is 30.1 Å². The first-order valence-corrected chi connectivity index (χ1v) is 8.42. The second kappa shape index (κ2) is 7.73. The summed E-state index contributed by atoms with van der Waals surface area (Å²) in [5, 5.41) is 2.16. The molecule has 1 heterocycles. The number of carbonyl (C=O) groups is 1. The summed E-state index contributed by atoms with van der Waals surface area (Å²) in [6.45, 7) is 3.07. The van der Waals surface area contributed by atoms with Gasteiger partial charge in [-0.3, -0.25) is 4.79 Å². The SMILES string of the molecule is CCCCOc1c2ccccc2cc[n+]1CC(=O)c1ccccc1. The van der Waals surface area contributed by atoms with E-state index in [0.717, 1.165) is 35.1 Å². The van der Waals surface area contributed by atoms with E-state index in [9.17, 15) is 4.79 Å². The molecule has 0 aliphatic heterocycles. The lowest BCUT2D eigenvalue weighted by molar-refractivity contribution is -0.687. The first-order valence-electron chi connectivity index (χ1n) is 8.42. The van der Waals surface area contributed by atoms with Gasteiger partial charge in [-0.25, -0.2) is 0 Å². The zero-order valence-corrected chi connectivity index (χ0v) is 13.9. The number of pyridine rings is 1. The molecule has 2 aromatic carbocycles. The van der Waals surface area contributed by atoms with Crippen LogP contribution in [0.5, 0.6) is 5.88 Å². The van der Waals surface area contributed by atoms with Crippen LogP contribution < -0.4 is 9.30 Å². The van der Waals surface area contributed by atoms with Gasteiger partial charge in [0.15, 0.2) is 6.20 Å². The second-order valence-electron chi connectivity index (χ2n) is 5.83. The number of benzene rings is 2. The van der Waals surface area contributed by atoms with E-state index in [-0.39, 0.29) is 12.3 Å². The van der Waals surface area contributed by atoms with Crippen LogP contribution in [-0.2, 0) is 6.54 Å². The molecule has 0 N–H and O–H groups in total. The Morgan fingerprint density at radius 3 is 2.54 bits per heavy atom. The van der Waals surface area contributed by atoms with E-state index in [1.165, 1.54) is 0 Å². The average Bonchev–Trinajstić information content (AvgIpc) is 2.64. The maximum atomic E-state index is 12.6. The monoisotopic (exact) mass is 320 g/mol. The van der Waals surface area contributed by atoms with Gasteiger partial charge in [0.25, 0.3) is 0 Å². The quantitative estimate of drug-likeness (QED) is 0.371. The zero-order valence-electron chi connectivity index (χ0n) is 13.9. The third-order valence-electron chi connectivity index (χ3n) is 4.03. The second-order valence-corrected chi connectivity index (χ2v) is 5.83. The molecular formula is C21H22NO2+. The molecule has 0 aliphatic rings. The summed E-state index contributed by atoms with van der Waals surface area (Å²) < 4.78 is 7.95. The van der Waals surface area contributed by atoms with Crippen LogP contribution in [0.25, 0.3) is 10.8 Å². The van der Waals surface area contributed by atoms with Crippen LogP contribution in [0.15, 0.2) is 66.9 Å². The number of carbonyl (C=O) groups excluding carboxylic acids is 1. The summed E-state index contributed by atoms with van der Waals surface area (Å²) >= 11 is 0. The third kappa shape index (κ3) is 3.62. The van der Waals surface area contributed by atoms with Gasteiger partial charge in [0.2, 0.25) is 12.3 Å². The van der Waals surface area contributed by atoms with Gasteiger partial charge in [0, 0.05) is 11.6 Å². The van der Waals surface area contributed by atoms with E-state index in [4.69, 9.17) is 4.74 Å². The summed E-state index contributed by atoms with van der Waals surface area (Å²) in [5.74, 6) is 0.849. The van der Waals surface area contributed by atoms with Crippen LogP contribution in [0, 0.1) is 0 Å². The molecule has 0 aliphatic carbocycles. The first kappa shape index (κ1) is 16.2. The maximum Gasteiger partial charge on any atom is 0.376 e. The lowest BCUT2D eigenvalue weighted by Gasteiger charge is -2.08. The van der Waals surface area contributed by atoms with E-state index in [1.807, 2.05) is 65.4 Å². The highest BCUT2D eigenvalue weighted by molar-refractivity contribution is 5.95. The minimum absolute atomic E-state index is 0.0798. The van der Waals surface area contributed by atoms with Crippen molar-refractivity contribution < 1.29 is 14.1 Å². The van der Waals surface area contributed by atoms with Crippen LogP contribution in [0.4, 0.5) is 0 Å². The van der Waals surface area contributed by atoms with Gasteiger partial charge in [-0.15, -0.1) is 0 Å². The van der Waals surface area contributed by atoms with Crippen molar-refractivity contribution in [2.45, 2.75) is 26.3 Å². The average molecular weight is 320 g/mol. The molecule has 0 saturated heterocycles. The third-order valence-corrected chi connectivity index (χ3v) is 4.03. The molecule has 0 radical (unpaired) electrons. The number of aromatic nitrogens is 1. The Kier molecular flexibility index (Phi) is 5.22. The van der Waals surface area contributed by atoms with Crippen molar-refractivity contribution in [2.75, 3.05) is 6.61 Å². The molecule has 0 saturated carbocycles. The number of unbranched alkanes of at least 4 members (excludes halogenated alkanes) is 1. The molecule has 0 fully saturated rings. The summed E-state index contributed by atoms with van der Waals surface area (Å²) in [4.78, 5) is 12.6.